The van der Waals surface area contributed by atoms with E-state index in [1.165, 1.54) is 0 Å². The van der Waals surface area contributed by atoms with E-state index in [4.69, 9.17) is 0 Å². The highest BCUT2D eigenvalue weighted by molar-refractivity contribution is 9.10. The summed E-state index contributed by atoms with van der Waals surface area (Å²) in [5.41, 5.74) is 1.88. The molecule has 2 fully saturated rings. The minimum Gasteiger partial charge on any atom is -0.329 e. The summed E-state index contributed by atoms with van der Waals surface area (Å²) < 4.78 is 0.929. The van der Waals surface area contributed by atoms with Crippen LogP contribution in [0.5, 0.6) is 0 Å². The molecule has 0 bridgehead atoms. The van der Waals surface area contributed by atoms with Crippen molar-refractivity contribution < 1.29 is 9.59 Å². The number of benzene rings is 1. The molecule has 1 unspecified atom stereocenters. The number of hydrogen-bond acceptors (Lipinski definition) is 2. The Morgan fingerprint density at radius 1 is 1.20 bits per heavy atom. The van der Waals surface area contributed by atoms with Gasteiger partial charge in [0.1, 0.15) is 12.6 Å². The van der Waals surface area contributed by atoms with Crippen molar-refractivity contribution in [1.82, 2.24) is 4.90 Å². The highest BCUT2D eigenvalue weighted by atomic mass is 79.9. The Bertz CT molecular complexity index is 553. The third-order valence-electron chi connectivity index (χ3n) is 4.01. The number of carbonyl (C=O) groups excluding carboxylic acids is 2. The zero-order chi connectivity index (χ0) is 14.3. The summed E-state index contributed by atoms with van der Waals surface area (Å²) in [5, 5.41) is 0. The van der Waals surface area contributed by atoms with Gasteiger partial charge >= 0.3 is 0 Å². The average molecular weight is 337 g/mol. The lowest BCUT2D eigenvalue weighted by Gasteiger charge is -2.42. The number of rotatable bonds is 1. The summed E-state index contributed by atoms with van der Waals surface area (Å²) in [6.07, 6.45) is 2.81. The third kappa shape index (κ3) is 2.35. The van der Waals surface area contributed by atoms with Crippen LogP contribution in [0.25, 0.3) is 0 Å². The van der Waals surface area contributed by atoms with Gasteiger partial charge in [0.05, 0.1) is 0 Å². The second-order valence-corrected chi connectivity index (χ2v) is 6.43. The van der Waals surface area contributed by atoms with Crippen LogP contribution in [-0.4, -0.2) is 35.8 Å². The van der Waals surface area contributed by atoms with E-state index in [9.17, 15) is 9.59 Å². The molecular weight excluding hydrogens is 320 g/mol. The summed E-state index contributed by atoms with van der Waals surface area (Å²) in [4.78, 5) is 28.3. The summed E-state index contributed by atoms with van der Waals surface area (Å²) in [5.74, 6) is 0.119. The molecule has 2 saturated heterocycles. The van der Waals surface area contributed by atoms with Crippen LogP contribution >= 0.6 is 15.9 Å². The first-order chi connectivity index (χ1) is 9.56. The van der Waals surface area contributed by atoms with E-state index in [1.807, 2.05) is 25.1 Å². The Balaban J connectivity index is 1.94. The topological polar surface area (TPSA) is 40.6 Å². The molecule has 0 radical (unpaired) electrons. The molecule has 5 heteroatoms. The van der Waals surface area contributed by atoms with Gasteiger partial charge in [-0.15, -0.1) is 0 Å². The average Bonchev–Trinajstić information content (AvgIpc) is 2.42. The van der Waals surface area contributed by atoms with Gasteiger partial charge in [0, 0.05) is 16.7 Å². The van der Waals surface area contributed by atoms with E-state index in [1.54, 1.807) is 9.80 Å². The highest BCUT2D eigenvalue weighted by Crippen LogP contribution is 2.29. The van der Waals surface area contributed by atoms with E-state index < -0.39 is 0 Å². The van der Waals surface area contributed by atoms with E-state index in [0.717, 1.165) is 41.5 Å². The fourth-order valence-electron chi connectivity index (χ4n) is 3.06. The Morgan fingerprint density at radius 2 is 2.00 bits per heavy atom. The monoisotopic (exact) mass is 336 g/mol. The van der Waals surface area contributed by atoms with Gasteiger partial charge < -0.3 is 9.80 Å². The van der Waals surface area contributed by atoms with Crippen LogP contribution in [0.1, 0.15) is 24.8 Å². The number of nitrogens with zero attached hydrogens (tertiary/aromatic N) is 2. The van der Waals surface area contributed by atoms with Crippen LogP contribution in [0.2, 0.25) is 0 Å². The van der Waals surface area contributed by atoms with Gasteiger partial charge in [-0.3, -0.25) is 9.59 Å². The molecule has 1 aromatic carbocycles. The predicted molar refractivity (Wildman–Crippen MR) is 80.6 cm³/mol. The van der Waals surface area contributed by atoms with Crippen LogP contribution in [0.4, 0.5) is 5.69 Å². The smallest absolute Gasteiger partial charge is 0.250 e. The van der Waals surface area contributed by atoms with Crippen molar-refractivity contribution in [3.05, 3.63) is 28.2 Å². The second-order valence-electron chi connectivity index (χ2n) is 5.51. The molecule has 0 aromatic heterocycles. The van der Waals surface area contributed by atoms with Crippen molar-refractivity contribution in [2.45, 2.75) is 32.2 Å². The molecule has 2 aliphatic heterocycles. The first kappa shape index (κ1) is 13.6. The van der Waals surface area contributed by atoms with E-state index in [2.05, 4.69) is 15.9 Å². The molecule has 2 aliphatic rings. The number of fused-ring (bicyclic) bond motifs is 1. The van der Waals surface area contributed by atoms with E-state index in [-0.39, 0.29) is 24.4 Å². The molecule has 1 aromatic rings. The lowest BCUT2D eigenvalue weighted by atomic mass is 9.98. The molecule has 2 heterocycles. The van der Waals surface area contributed by atoms with Crippen molar-refractivity contribution in [3.8, 4) is 0 Å². The maximum Gasteiger partial charge on any atom is 0.250 e. The molecule has 0 aliphatic carbocycles. The van der Waals surface area contributed by atoms with Gasteiger partial charge in [0.2, 0.25) is 11.8 Å². The molecule has 2 amide bonds. The molecule has 4 nitrogen and oxygen atoms in total. The minimum atomic E-state index is -0.260. The molecule has 1 atom stereocenters. The Morgan fingerprint density at radius 3 is 2.75 bits per heavy atom. The van der Waals surface area contributed by atoms with Crippen molar-refractivity contribution in [2.24, 2.45) is 0 Å². The van der Waals surface area contributed by atoms with Gasteiger partial charge in [0.15, 0.2) is 0 Å². The Kier molecular flexibility index (Phi) is 3.54. The Hall–Kier alpha value is -1.36. The van der Waals surface area contributed by atoms with E-state index >= 15 is 0 Å². The standard InChI is InChI=1S/C15H17BrN2O2/c1-10-6-11(16)8-12(7-10)18-9-14(19)17-5-3-2-4-13(17)15(18)20/h6-8,13H,2-5,9H2,1H3. The van der Waals surface area contributed by atoms with Gasteiger partial charge in [-0.05, 0) is 49.9 Å². The zero-order valence-electron chi connectivity index (χ0n) is 11.4. The summed E-state index contributed by atoms with van der Waals surface area (Å²) in [6, 6.07) is 5.59. The Labute approximate surface area is 126 Å². The van der Waals surface area contributed by atoms with Gasteiger partial charge in [-0.25, -0.2) is 0 Å². The number of piperidine rings is 1. The lowest BCUT2D eigenvalue weighted by Crippen LogP contribution is -2.61. The fourth-order valence-corrected chi connectivity index (χ4v) is 3.66. The maximum atomic E-state index is 12.6. The fraction of sp³-hybridized carbons (Fsp3) is 0.467. The third-order valence-corrected chi connectivity index (χ3v) is 4.46. The van der Waals surface area contributed by atoms with E-state index in [0.29, 0.717) is 0 Å². The number of piperazine rings is 1. The van der Waals surface area contributed by atoms with Crippen molar-refractivity contribution in [1.29, 1.82) is 0 Å². The molecule has 0 spiro atoms. The first-order valence-electron chi connectivity index (χ1n) is 6.94. The zero-order valence-corrected chi connectivity index (χ0v) is 13.0. The quantitative estimate of drug-likeness (QED) is 0.790. The summed E-state index contributed by atoms with van der Waals surface area (Å²) in [7, 11) is 0. The highest BCUT2D eigenvalue weighted by Gasteiger charge is 2.40. The van der Waals surface area contributed by atoms with Crippen molar-refractivity contribution >= 4 is 33.4 Å². The molecule has 106 valence electrons. The summed E-state index contributed by atoms with van der Waals surface area (Å²) >= 11 is 3.45. The van der Waals surface area contributed by atoms with Gasteiger partial charge in [0.25, 0.3) is 0 Å². The number of aryl methyl sites for hydroxylation is 1. The number of anilines is 1. The molecule has 3 rings (SSSR count). The number of halogens is 1. The predicted octanol–water partition coefficient (Wildman–Crippen LogP) is 2.49. The van der Waals surface area contributed by atoms with Crippen LogP contribution in [-0.2, 0) is 9.59 Å². The van der Waals surface area contributed by atoms with Crippen LogP contribution in [0, 0.1) is 6.92 Å². The van der Waals surface area contributed by atoms with Crippen molar-refractivity contribution in [2.75, 3.05) is 18.0 Å². The molecule has 0 N–H and O–H groups in total. The maximum absolute atomic E-state index is 12.6. The lowest BCUT2D eigenvalue weighted by molar-refractivity contribution is -0.144. The van der Waals surface area contributed by atoms with Crippen molar-refractivity contribution in [3.63, 3.8) is 0 Å². The molecule has 0 saturated carbocycles. The SMILES string of the molecule is Cc1cc(Br)cc(N2CC(=O)N3CCCCC3C2=O)c1. The summed E-state index contributed by atoms with van der Waals surface area (Å²) in [6.45, 7) is 2.86. The van der Waals surface area contributed by atoms with Gasteiger partial charge in [-0.1, -0.05) is 15.9 Å². The van der Waals surface area contributed by atoms with Crippen LogP contribution in [0.3, 0.4) is 0 Å². The second kappa shape index (κ2) is 5.20. The minimum absolute atomic E-state index is 0.0572. The normalized spacial score (nSPS) is 23.0. The van der Waals surface area contributed by atoms with Gasteiger partial charge in [-0.2, -0.15) is 0 Å². The number of carbonyl (C=O) groups is 2. The number of amides is 2. The number of hydrogen-bond donors (Lipinski definition) is 0. The first-order valence-corrected chi connectivity index (χ1v) is 7.73. The van der Waals surface area contributed by atoms with Crippen LogP contribution in [0.15, 0.2) is 22.7 Å². The largest absolute Gasteiger partial charge is 0.329 e. The molecule has 20 heavy (non-hydrogen) atoms. The van der Waals surface area contributed by atoms with Crippen LogP contribution < -0.4 is 4.90 Å². The molecular formula is C15H17BrN2O2.